The van der Waals surface area contributed by atoms with Gasteiger partial charge in [-0.05, 0) is 73.5 Å². The second-order valence-electron chi connectivity index (χ2n) is 6.82. The molecule has 29 heavy (non-hydrogen) atoms. The molecule has 1 heterocycles. The van der Waals surface area contributed by atoms with E-state index >= 15 is 0 Å². The van der Waals surface area contributed by atoms with Crippen LogP contribution in [0.25, 0.3) is 22.6 Å². The Morgan fingerprint density at radius 1 is 1.10 bits per heavy atom. The maximum absolute atomic E-state index is 12.2. The van der Waals surface area contributed by atoms with Crippen LogP contribution in [0.1, 0.15) is 11.1 Å². The maximum Gasteiger partial charge on any atom is 0.262 e. The molecule has 0 aliphatic carbocycles. The van der Waals surface area contributed by atoms with Gasteiger partial charge in [-0.3, -0.25) is 4.79 Å². The van der Waals surface area contributed by atoms with Gasteiger partial charge in [0, 0.05) is 16.3 Å². The second-order valence-corrected chi connectivity index (χ2v) is 7.26. The largest absolute Gasteiger partial charge is 0.484 e. The van der Waals surface area contributed by atoms with Crippen molar-refractivity contribution in [2.75, 3.05) is 11.9 Å². The Balaban J connectivity index is 1.48. The fourth-order valence-electron chi connectivity index (χ4n) is 3.11. The lowest BCUT2D eigenvalue weighted by atomic mass is 10.1. The van der Waals surface area contributed by atoms with Crippen LogP contribution in [0.5, 0.6) is 5.75 Å². The van der Waals surface area contributed by atoms with Gasteiger partial charge in [0.05, 0.1) is 0 Å². The predicted octanol–water partition coefficient (Wildman–Crippen LogP) is 5.78. The first-order valence-electron chi connectivity index (χ1n) is 9.14. The zero-order valence-corrected chi connectivity index (χ0v) is 16.8. The topological polar surface area (TPSA) is 64.4 Å². The molecule has 0 bridgehead atoms. The van der Waals surface area contributed by atoms with Gasteiger partial charge < -0.3 is 14.5 Å². The number of aryl methyl sites for hydroxylation is 2. The number of aromatic nitrogens is 1. The van der Waals surface area contributed by atoms with Crippen molar-refractivity contribution in [3.05, 3.63) is 76.8 Å². The van der Waals surface area contributed by atoms with Crippen LogP contribution in [-0.4, -0.2) is 17.5 Å². The number of halogens is 1. The molecule has 1 aromatic heterocycles. The number of fused-ring (bicyclic) bond motifs is 1. The lowest BCUT2D eigenvalue weighted by molar-refractivity contribution is -0.118. The van der Waals surface area contributed by atoms with Crippen LogP contribution < -0.4 is 10.1 Å². The number of oxazole rings is 1. The van der Waals surface area contributed by atoms with Crippen molar-refractivity contribution in [1.29, 1.82) is 0 Å². The number of nitrogens with zero attached hydrogens (tertiary/aromatic N) is 1. The van der Waals surface area contributed by atoms with E-state index in [-0.39, 0.29) is 12.5 Å². The van der Waals surface area contributed by atoms with Crippen molar-refractivity contribution in [3.8, 4) is 17.2 Å². The number of hydrogen-bond donors (Lipinski definition) is 1. The highest BCUT2D eigenvalue weighted by molar-refractivity contribution is 6.30. The summed E-state index contributed by atoms with van der Waals surface area (Å²) in [5.74, 6) is 0.832. The molecule has 0 spiro atoms. The van der Waals surface area contributed by atoms with Gasteiger partial charge in [-0.2, -0.15) is 0 Å². The van der Waals surface area contributed by atoms with Crippen molar-refractivity contribution in [2.45, 2.75) is 13.8 Å². The smallest absolute Gasteiger partial charge is 0.262 e. The zero-order valence-electron chi connectivity index (χ0n) is 16.0. The maximum atomic E-state index is 12.2. The molecule has 0 atom stereocenters. The molecule has 3 aromatic carbocycles. The van der Waals surface area contributed by atoms with E-state index in [1.165, 1.54) is 0 Å². The van der Waals surface area contributed by atoms with Crippen molar-refractivity contribution in [3.63, 3.8) is 0 Å². The van der Waals surface area contributed by atoms with Gasteiger partial charge in [-0.15, -0.1) is 0 Å². The molecule has 0 aliphatic rings. The number of benzene rings is 3. The zero-order chi connectivity index (χ0) is 20.4. The number of carbonyl (C=O) groups excluding carboxylic acids is 1. The molecule has 6 heteroatoms. The average molecular weight is 407 g/mol. The molecule has 1 amide bonds. The molecule has 0 fully saturated rings. The van der Waals surface area contributed by atoms with Gasteiger partial charge in [0.15, 0.2) is 12.2 Å². The molecule has 0 unspecified atom stereocenters. The van der Waals surface area contributed by atoms with Crippen LogP contribution in [0.15, 0.2) is 65.1 Å². The molecule has 0 saturated heterocycles. The Bertz CT molecular complexity index is 1180. The summed E-state index contributed by atoms with van der Waals surface area (Å²) >= 11 is 5.84. The van der Waals surface area contributed by atoms with Crippen molar-refractivity contribution >= 4 is 34.3 Å². The lowest BCUT2D eigenvalue weighted by Crippen LogP contribution is -2.20. The fourth-order valence-corrected chi connectivity index (χ4v) is 3.23. The van der Waals surface area contributed by atoms with E-state index < -0.39 is 0 Å². The normalized spacial score (nSPS) is 10.9. The van der Waals surface area contributed by atoms with Crippen LogP contribution in [0.2, 0.25) is 5.02 Å². The summed E-state index contributed by atoms with van der Waals surface area (Å²) in [6, 6.07) is 18.3. The third-order valence-electron chi connectivity index (χ3n) is 4.40. The molecule has 1 N–H and O–H groups in total. The van der Waals surface area contributed by atoms with Gasteiger partial charge in [0.2, 0.25) is 5.89 Å². The first kappa shape index (κ1) is 19.0. The number of carbonyl (C=O) groups is 1. The Morgan fingerprint density at radius 3 is 2.69 bits per heavy atom. The SMILES string of the molecule is Cc1cc(C)c2oc(-c3cccc(NC(=O)COc4ccc(Cl)cc4)c3)nc2c1. The number of ether oxygens (including phenoxy) is 1. The summed E-state index contributed by atoms with van der Waals surface area (Å²) in [5.41, 5.74) is 5.20. The molecule has 5 nitrogen and oxygen atoms in total. The highest BCUT2D eigenvalue weighted by atomic mass is 35.5. The first-order valence-corrected chi connectivity index (χ1v) is 9.52. The Morgan fingerprint density at radius 2 is 1.90 bits per heavy atom. The summed E-state index contributed by atoms with van der Waals surface area (Å²) in [5, 5.41) is 3.44. The minimum Gasteiger partial charge on any atom is -0.484 e. The highest BCUT2D eigenvalue weighted by Crippen LogP contribution is 2.28. The molecule has 0 saturated carbocycles. The standard InChI is InChI=1S/C23H19ClN2O3/c1-14-10-15(2)22-20(11-14)26-23(29-22)16-4-3-5-18(12-16)25-21(27)13-28-19-8-6-17(24)7-9-19/h3-12H,13H2,1-2H3,(H,25,27). The summed E-state index contributed by atoms with van der Waals surface area (Å²) in [7, 11) is 0. The van der Waals surface area contributed by atoms with Crippen LogP contribution in [0, 0.1) is 13.8 Å². The Hall–Kier alpha value is -3.31. The van der Waals surface area contributed by atoms with Gasteiger partial charge >= 0.3 is 0 Å². The van der Waals surface area contributed by atoms with E-state index in [9.17, 15) is 4.79 Å². The summed E-state index contributed by atoms with van der Waals surface area (Å²) < 4.78 is 11.4. The molecular formula is C23H19ClN2O3. The van der Waals surface area contributed by atoms with Gasteiger partial charge in [-0.1, -0.05) is 23.7 Å². The molecule has 4 rings (SSSR count). The number of hydrogen-bond acceptors (Lipinski definition) is 4. The summed E-state index contributed by atoms with van der Waals surface area (Å²) in [6.45, 7) is 3.93. The fraction of sp³-hybridized carbons (Fsp3) is 0.130. The minimum atomic E-state index is -0.263. The van der Waals surface area contributed by atoms with Crippen molar-refractivity contribution in [1.82, 2.24) is 4.98 Å². The van der Waals surface area contributed by atoms with Crippen LogP contribution in [-0.2, 0) is 4.79 Å². The lowest BCUT2D eigenvalue weighted by Gasteiger charge is -2.08. The monoisotopic (exact) mass is 406 g/mol. The van der Waals surface area contributed by atoms with E-state index in [0.717, 1.165) is 27.8 Å². The molecule has 4 aromatic rings. The van der Waals surface area contributed by atoms with Crippen LogP contribution in [0.3, 0.4) is 0 Å². The first-order chi connectivity index (χ1) is 14.0. The Kier molecular flexibility index (Phi) is 5.23. The number of anilines is 1. The van der Waals surface area contributed by atoms with Crippen LogP contribution in [0.4, 0.5) is 5.69 Å². The van der Waals surface area contributed by atoms with Crippen molar-refractivity contribution in [2.24, 2.45) is 0 Å². The molecular weight excluding hydrogens is 388 g/mol. The van der Waals surface area contributed by atoms with E-state index in [1.54, 1.807) is 24.3 Å². The number of amides is 1. The Labute approximate surface area is 173 Å². The van der Waals surface area contributed by atoms with E-state index in [2.05, 4.69) is 16.4 Å². The highest BCUT2D eigenvalue weighted by Gasteiger charge is 2.12. The molecule has 0 aliphatic heterocycles. The summed E-state index contributed by atoms with van der Waals surface area (Å²) in [6.07, 6.45) is 0. The molecule has 0 radical (unpaired) electrons. The quantitative estimate of drug-likeness (QED) is 0.456. The van der Waals surface area contributed by atoms with Gasteiger partial charge in [-0.25, -0.2) is 4.98 Å². The third-order valence-corrected chi connectivity index (χ3v) is 4.65. The van der Waals surface area contributed by atoms with E-state index in [1.807, 2.05) is 44.2 Å². The van der Waals surface area contributed by atoms with Crippen LogP contribution >= 0.6 is 11.6 Å². The van der Waals surface area contributed by atoms with E-state index in [4.69, 9.17) is 20.8 Å². The van der Waals surface area contributed by atoms with Gasteiger partial charge in [0.1, 0.15) is 11.3 Å². The van der Waals surface area contributed by atoms with E-state index in [0.29, 0.717) is 22.4 Å². The average Bonchev–Trinajstić information content (AvgIpc) is 3.12. The van der Waals surface area contributed by atoms with Gasteiger partial charge in [0.25, 0.3) is 5.91 Å². The predicted molar refractivity (Wildman–Crippen MR) is 114 cm³/mol. The molecule has 146 valence electrons. The van der Waals surface area contributed by atoms with Crippen molar-refractivity contribution < 1.29 is 13.9 Å². The number of nitrogens with one attached hydrogen (secondary N) is 1. The summed E-state index contributed by atoms with van der Waals surface area (Å²) in [4.78, 5) is 16.8. The second kappa shape index (κ2) is 7.97. The minimum absolute atomic E-state index is 0.104. The third kappa shape index (κ3) is 4.41. The number of rotatable bonds is 5.